The maximum atomic E-state index is 12.3. The molecule has 2 rings (SSSR count). The number of fused-ring (bicyclic) bond motifs is 1. The SMILES string of the molecule is CCN(C)S(=O)(=O)c1ccc(N)c2cccnc12. The summed E-state index contributed by atoms with van der Waals surface area (Å²) in [5, 5.41) is 0.656. The lowest BCUT2D eigenvalue weighted by atomic mass is 10.2. The molecule has 1 aromatic heterocycles. The summed E-state index contributed by atoms with van der Waals surface area (Å²) in [5.41, 5.74) is 6.77. The van der Waals surface area contributed by atoms with E-state index in [0.29, 0.717) is 23.1 Å². The first-order valence-corrected chi connectivity index (χ1v) is 7.02. The maximum Gasteiger partial charge on any atom is 0.244 e. The van der Waals surface area contributed by atoms with Crippen molar-refractivity contribution >= 4 is 26.6 Å². The molecular formula is C12H15N3O2S. The molecule has 96 valence electrons. The second kappa shape index (κ2) is 4.55. The van der Waals surface area contributed by atoms with Gasteiger partial charge in [0.25, 0.3) is 0 Å². The van der Waals surface area contributed by atoms with Crippen molar-refractivity contribution in [3.05, 3.63) is 30.5 Å². The van der Waals surface area contributed by atoms with Crippen LogP contribution in [0.5, 0.6) is 0 Å². The van der Waals surface area contributed by atoms with Gasteiger partial charge in [0.15, 0.2) is 0 Å². The molecule has 0 amide bonds. The molecule has 0 unspecified atom stereocenters. The topological polar surface area (TPSA) is 76.3 Å². The van der Waals surface area contributed by atoms with Gasteiger partial charge >= 0.3 is 0 Å². The molecule has 0 aliphatic rings. The molecule has 2 aromatic rings. The summed E-state index contributed by atoms with van der Waals surface area (Å²) < 4.78 is 26.0. The lowest BCUT2D eigenvalue weighted by Crippen LogP contribution is -2.26. The molecular weight excluding hydrogens is 250 g/mol. The Morgan fingerprint density at radius 3 is 2.72 bits per heavy atom. The third-order valence-electron chi connectivity index (χ3n) is 2.90. The van der Waals surface area contributed by atoms with E-state index in [2.05, 4.69) is 4.98 Å². The predicted molar refractivity (Wildman–Crippen MR) is 71.6 cm³/mol. The first kappa shape index (κ1) is 12.8. The molecule has 0 radical (unpaired) electrons. The van der Waals surface area contributed by atoms with Crippen LogP contribution in [-0.4, -0.2) is 31.3 Å². The van der Waals surface area contributed by atoms with Crippen molar-refractivity contribution in [3.63, 3.8) is 0 Å². The number of nitrogens with two attached hydrogens (primary N) is 1. The van der Waals surface area contributed by atoms with Crippen molar-refractivity contribution in [2.75, 3.05) is 19.3 Å². The summed E-state index contributed by atoms with van der Waals surface area (Å²) in [6.45, 7) is 2.19. The zero-order valence-electron chi connectivity index (χ0n) is 10.3. The highest BCUT2D eigenvalue weighted by atomic mass is 32.2. The maximum absolute atomic E-state index is 12.3. The van der Waals surface area contributed by atoms with Gasteiger partial charge in [-0.15, -0.1) is 0 Å². The Morgan fingerprint density at radius 1 is 1.33 bits per heavy atom. The van der Waals surface area contributed by atoms with E-state index >= 15 is 0 Å². The fourth-order valence-corrected chi connectivity index (χ4v) is 3.04. The standard InChI is InChI=1S/C12H15N3O2S/c1-3-15(2)18(16,17)11-7-6-10(13)9-5-4-8-14-12(9)11/h4-8H,3,13H2,1-2H3. The Balaban J connectivity index is 2.78. The molecule has 2 N–H and O–H groups in total. The number of nitrogens with zero attached hydrogens (tertiary/aromatic N) is 2. The highest BCUT2D eigenvalue weighted by Gasteiger charge is 2.22. The molecule has 0 atom stereocenters. The second-order valence-corrected chi connectivity index (χ2v) is 5.98. The number of nitrogen functional groups attached to an aromatic ring is 1. The molecule has 1 aromatic carbocycles. The first-order valence-electron chi connectivity index (χ1n) is 5.58. The van der Waals surface area contributed by atoms with E-state index in [9.17, 15) is 8.42 Å². The normalized spacial score (nSPS) is 12.2. The van der Waals surface area contributed by atoms with E-state index in [0.717, 1.165) is 0 Å². The third kappa shape index (κ3) is 1.93. The van der Waals surface area contributed by atoms with Crippen LogP contribution in [0.2, 0.25) is 0 Å². The first-order chi connectivity index (χ1) is 8.48. The van der Waals surface area contributed by atoms with Gasteiger partial charge < -0.3 is 5.73 Å². The van der Waals surface area contributed by atoms with Crippen molar-refractivity contribution < 1.29 is 8.42 Å². The Kier molecular flexibility index (Phi) is 3.23. The minimum Gasteiger partial charge on any atom is -0.398 e. The molecule has 0 spiro atoms. The number of benzene rings is 1. The highest BCUT2D eigenvalue weighted by Crippen LogP contribution is 2.27. The van der Waals surface area contributed by atoms with Gasteiger partial charge in [0.2, 0.25) is 10.0 Å². The smallest absolute Gasteiger partial charge is 0.244 e. The number of sulfonamides is 1. The van der Waals surface area contributed by atoms with Crippen LogP contribution in [0, 0.1) is 0 Å². The Bertz CT molecular complexity index is 683. The van der Waals surface area contributed by atoms with E-state index in [-0.39, 0.29) is 4.90 Å². The summed E-state index contributed by atoms with van der Waals surface area (Å²) in [5.74, 6) is 0. The molecule has 0 bridgehead atoms. The minimum absolute atomic E-state index is 0.191. The zero-order valence-corrected chi connectivity index (χ0v) is 11.1. The van der Waals surface area contributed by atoms with Crippen molar-refractivity contribution in [3.8, 4) is 0 Å². The number of rotatable bonds is 3. The predicted octanol–water partition coefficient (Wildman–Crippen LogP) is 1.46. The molecule has 5 nitrogen and oxygen atoms in total. The van der Waals surface area contributed by atoms with Crippen LogP contribution in [0.3, 0.4) is 0 Å². The molecule has 6 heteroatoms. The Morgan fingerprint density at radius 2 is 2.06 bits per heavy atom. The molecule has 0 saturated carbocycles. The van der Waals surface area contributed by atoms with Crippen LogP contribution < -0.4 is 5.73 Å². The molecule has 18 heavy (non-hydrogen) atoms. The largest absolute Gasteiger partial charge is 0.398 e. The number of anilines is 1. The van der Waals surface area contributed by atoms with Gasteiger partial charge in [-0.1, -0.05) is 6.92 Å². The van der Waals surface area contributed by atoms with Gasteiger partial charge in [-0.05, 0) is 24.3 Å². The van der Waals surface area contributed by atoms with Gasteiger partial charge in [0.05, 0.1) is 5.52 Å². The summed E-state index contributed by atoms with van der Waals surface area (Å²) in [6, 6.07) is 6.60. The number of hydrogen-bond donors (Lipinski definition) is 1. The van der Waals surface area contributed by atoms with Crippen LogP contribution in [0.1, 0.15) is 6.92 Å². The molecule has 1 heterocycles. The van der Waals surface area contributed by atoms with E-state index < -0.39 is 10.0 Å². The minimum atomic E-state index is -3.52. The highest BCUT2D eigenvalue weighted by molar-refractivity contribution is 7.89. The van der Waals surface area contributed by atoms with Crippen molar-refractivity contribution in [1.82, 2.24) is 9.29 Å². The second-order valence-electron chi connectivity index (χ2n) is 3.97. The van der Waals surface area contributed by atoms with Gasteiger partial charge in [-0.2, -0.15) is 0 Å². The molecule has 0 saturated heterocycles. The van der Waals surface area contributed by atoms with Crippen LogP contribution in [0.4, 0.5) is 5.69 Å². The monoisotopic (exact) mass is 265 g/mol. The quantitative estimate of drug-likeness (QED) is 0.852. The van der Waals surface area contributed by atoms with Gasteiger partial charge in [0.1, 0.15) is 4.90 Å². The average molecular weight is 265 g/mol. The van der Waals surface area contributed by atoms with Crippen molar-refractivity contribution in [2.45, 2.75) is 11.8 Å². The van der Waals surface area contributed by atoms with E-state index in [1.54, 1.807) is 38.4 Å². The Labute approximate surface area is 106 Å². The summed E-state index contributed by atoms with van der Waals surface area (Å²) >= 11 is 0. The van der Waals surface area contributed by atoms with E-state index in [4.69, 9.17) is 5.73 Å². The summed E-state index contributed by atoms with van der Waals surface area (Å²) in [4.78, 5) is 4.33. The number of hydrogen-bond acceptors (Lipinski definition) is 4. The van der Waals surface area contributed by atoms with Crippen molar-refractivity contribution in [1.29, 1.82) is 0 Å². The van der Waals surface area contributed by atoms with E-state index in [1.165, 1.54) is 10.4 Å². The Hall–Kier alpha value is -1.66. The van der Waals surface area contributed by atoms with Crippen LogP contribution >= 0.6 is 0 Å². The fraction of sp³-hybridized carbons (Fsp3) is 0.250. The van der Waals surface area contributed by atoms with E-state index in [1.807, 2.05) is 0 Å². The molecule has 0 aliphatic heterocycles. The lowest BCUT2D eigenvalue weighted by molar-refractivity contribution is 0.487. The number of pyridine rings is 1. The summed E-state index contributed by atoms with van der Waals surface area (Å²) in [6.07, 6.45) is 1.56. The van der Waals surface area contributed by atoms with Crippen molar-refractivity contribution in [2.24, 2.45) is 0 Å². The molecule has 0 fully saturated rings. The van der Waals surface area contributed by atoms with Gasteiger partial charge in [-0.3, -0.25) is 4.98 Å². The van der Waals surface area contributed by atoms with Gasteiger partial charge in [0, 0.05) is 30.9 Å². The lowest BCUT2D eigenvalue weighted by Gasteiger charge is -2.16. The zero-order chi connectivity index (χ0) is 13.3. The van der Waals surface area contributed by atoms with Crippen LogP contribution in [0.25, 0.3) is 10.9 Å². The third-order valence-corrected chi connectivity index (χ3v) is 4.86. The molecule has 0 aliphatic carbocycles. The number of aromatic nitrogens is 1. The van der Waals surface area contributed by atoms with Crippen LogP contribution in [0.15, 0.2) is 35.4 Å². The van der Waals surface area contributed by atoms with Gasteiger partial charge in [-0.25, -0.2) is 12.7 Å². The average Bonchev–Trinajstić information content (AvgIpc) is 2.38. The fourth-order valence-electron chi connectivity index (χ4n) is 1.71. The van der Waals surface area contributed by atoms with Crippen LogP contribution in [-0.2, 0) is 10.0 Å². The summed E-state index contributed by atoms with van der Waals surface area (Å²) in [7, 11) is -1.98.